The second-order valence-corrected chi connectivity index (χ2v) is 10.6. The van der Waals surface area contributed by atoms with Crippen LogP contribution in [0.1, 0.15) is 76.7 Å². The SMILES string of the molecule is CCCCCCCCCCCCNC(=O)/C=C/c1ccc(-c2c(-c3ccc(OCC(=O)O)cc3)ncn2CC(=O)O)cc1. The number of aliphatic carboxylic acids is 2. The van der Waals surface area contributed by atoms with Gasteiger partial charge < -0.3 is 24.8 Å². The second-order valence-electron chi connectivity index (χ2n) is 10.6. The normalized spacial score (nSPS) is 11.1. The van der Waals surface area contributed by atoms with Crippen molar-refractivity contribution >= 4 is 23.9 Å². The summed E-state index contributed by atoms with van der Waals surface area (Å²) < 4.78 is 6.77. The maximum absolute atomic E-state index is 12.3. The van der Waals surface area contributed by atoms with Crippen LogP contribution < -0.4 is 10.1 Å². The average Bonchev–Trinajstić information content (AvgIpc) is 3.41. The highest BCUT2D eigenvalue weighted by molar-refractivity contribution is 5.91. The Bertz CT molecular complexity index is 1330. The second kappa shape index (κ2) is 18.2. The van der Waals surface area contributed by atoms with Crippen molar-refractivity contribution < 1.29 is 29.3 Å². The molecule has 2 aromatic carbocycles. The van der Waals surface area contributed by atoms with E-state index in [1.54, 1.807) is 34.9 Å². The van der Waals surface area contributed by atoms with Gasteiger partial charge in [-0.15, -0.1) is 0 Å². The fourth-order valence-electron chi connectivity index (χ4n) is 4.82. The van der Waals surface area contributed by atoms with Crippen molar-refractivity contribution in [2.75, 3.05) is 13.2 Å². The van der Waals surface area contributed by atoms with Gasteiger partial charge in [0.2, 0.25) is 5.91 Å². The van der Waals surface area contributed by atoms with Gasteiger partial charge in [-0.2, -0.15) is 0 Å². The molecule has 0 spiro atoms. The van der Waals surface area contributed by atoms with Gasteiger partial charge in [0.1, 0.15) is 12.3 Å². The molecule has 0 unspecified atom stereocenters. The number of carbonyl (C=O) groups excluding carboxylic acids is 1. The number of carboxylic acid groups (broad SMARTS) is 2. The van der Waals surface area contributed by atoms with Crippen molar-refractivity contribution in [3.63, 3.8) is 0 Å². The number of amides is 1. The van der Waals surface area contributed by atoms with E-state index in [9.17, 15) is 19.5 Å². The maximum Gasteiger partial charge on any atom is 0.341 e. The zero-order valence-corrected chi connectivity index (χ0v) is 25.0. The molecule has 43 heavy (non-hydrogen) atoms. The minimum atomic E-state index is -1.07. The van der Waals surface area contributed by atoms with Gasteiger partial charge in [-0.1, -0.05) is 89.0 Å². The molecule has 0 aliphatic carbocycles. The molecule has 1 amide bonds. The molecular formula is C34H43N3O6. The van der Waals surface area contributed by atoms with E-state index in [4.69, 9.17) is 9.84 Å². The average molecular weight is 590 g/mol. The number of ether oxygens (including phenoxy) is 1. The first kappa shape index (κ1) is 33.1. The lowest BCUT2D eigenvalue weighted by atomic mass is 10.0. The van der Waals surface area contributed by atoms with Gasteiger partial charge in [0.25, 0.3) is 0 Å². The third kappa shape index (κ3) is 11.8. The number of rotatable bonds is 20. The number of imidazole rings is 1. The van der Waals surface area contributed by atoms with E-state index in [2.05, 4.69) is 17.2 Å². The molecule has 3 N–H and O–H groups in total. The summed E-state index contributed by atoms with van der Waals surface area (Å²) in [5.74, 6) is -1.79. The van der Waals surface area contributed by atoms with Gasteiger partial charge in [0.05, 0.1) is 17.7 Å². The molecule has 0 radical (unpaired) electrons. The summed E-state index contributed by atoms with van der Waals surface area (Å²) in [5, 5.41) is 21.2. The van der Waals surface area contributed by atoms with Crippen LogP contribution in [0.5, 0.6) is 5.75 Å². The molecule has 3 aromatic rings. The molecule has 0 fully saturated rings. The van der Waals surface area contributed by atoms with E-state index in [0.717, 1.165) is 29.5 Å². The van der Waals surface area contributed by atoms with E-state index < -0.39 is 18.5 Å². The molecule has 3 rings (SSSR count). The van der Waals surface area contributed by atoms with Gasteiger partial charge in [-0.3, -0.25) is 9.59 Å². The van der Waals surface area contributed by atoms with Crippen LogP contribution in [-0.2, 0) is 20.9 Å². The molecule has 0 atom stereocenters. The predicted molar refractivity (Wildman–Crippen MR) is 168 cm³/mol. The predicted octanol–water partition coefficient (Wildman–Crippen LogP) is 6.82. The minimum absolute atomic E-state index is 0.127. The zero-order valence-electron chi connectivity index (χ0n) is 25.0. The molecule has 1 heterocycles. The molecule has 0 aliphatic heterocycles. The van der Waals surface area contributed by atoms with Gasteiger partial charge in [-0.25, -0.2) is 9.78 Å². The molecule has 1 aromatic heterocycles. The zero-order chi connectivity index (χ0) is 30.9. The van der Waals surface area contributed by atoms with Crippen molar-refractivity contribution in [1.82, 2.24) is 14.9 Å². The Hall–Kier alpha value is -4.40. The summed E-state index contributed by atoms with van der Waals surface area (Å²) in [5.41, 5.74) is 3.54. The number of carbonyl (C=O) groups is 3. The van der Waals surface area contributed by atoms with Crippen LogP contribution in [0.2, 0.25) is 0 Å². The molecule has 230 valence electrons. The number of nitrogens with zero attached hydrogens (tertiary/aromatic N) is 2. The molecule has 0 saturated heterocycles. The molecular weight excluding hydrogens is 546 g/mol. The van der Waals surface area contributed by atoms with Gasteiger partial charge in [-0.05, 0) is 42.3 Å². The number of hydrogen-bond donors (Lipinski definition) is 3. The van der Waals surface area contributed by atoms with Crippen LogP contribution in [0.4, 0.5) is 0 Å². The third-order valence-electron chi connectivity index (χ3n) is 7.07. The van der Waals surface area contributed by atoms with Crippen molar-refractivity contribution in [3.05, 3.63) is 66.5 Å². The number of benzene rings is 2. The van der Waals surface area contributed by atoms with E-state index in [-0.39, 0.29) is 12.5 Å². The maximum atomic E-state index is 12.3. The van der Waals surface area contributed by atoms with Gasteiger partial charge >= 0.3 is 11.9 Å². The Kier molecular flexibility index (Phi) is 14.0. The first-order chi connectivity index (χ1) is 20.9. The lowest BCUT2D eigenvalue weighted by molar-refractivity contribution is -0.139. The van der Waals surface area contributed by atoms with Crippen molar-refractivity contribution in [3.8, 4) is 28.3 Å². The summed E-state index contributed by atoms with van der Waals surface area (Å²) in [4.78, 5) is 39.0. The monoisotopic (exact) mass is 589 g/mol. The Morgan fingerprint density at radius 2 is 1.42 bits per heavy atom. The third-order valence-corrected chi connectivity index (χ3v) is 7.07. The summed E-state index contributed by atoms with van der Waals surface area (Å²) in [6.07, 6.45) is 17.3. The lowest BCUT2D eigenvalue weighted by Crippen LogP contribution is -2.21. The number of hydrogen-bond acceptors (Lipinski definition) is 5. The van der Waals surface area contributed by atoms with E-state index >= 15 is 0 Å². The Balaban J connectivity index is 1.54. The van der Waals surface area contributed by atoms with Crippen LogP contribution in [0.25, 0.3) is 28.6 Å². The summed E-state index contributed by atoms with van der Waals surface area (Å²) >= 11 is 0. The van der Waals surface area contributed by atoms with Crippen molar-refractivity contribution in [2.24, 2.45) is 0 Å². The topological polar surface area (TPSA) is 131 Å². The molecule has 9 heteroatoms. The molecule has 0 saturated carbocycles. The minimum Gasteiger partial charge on any atom is -0.482 e. The first-order valence-corrected chi connectivity index (χ1v) is 15.2. The molecule has 0 bridgehead atoms. The number of nitrogens with one attached hydrogen (secondary N) is 1. The van der Waals surface area contributed by atoms with Crippen LogP contribution in [0, 0.1) is 0 Å². The van der Waals surface area contributed by atoms with E-state index in [1.807, 2.05) is 24.3 Å². The summed E-state index contributed by atoms with van der Waals surface area (Å²) in [6.45, 7) is 2.20. The van der Waals surface area contributed by atoms with Crippen LogP contribution >= 0.6 is 0 Å². The van der Waals surface area contributed by atoms with E-state index in [1.165, 1.54) is 63.8 Å². The fraction of sp³-hybridized carbons (Fsp3) is 0.412. The highest BCUT2D eigenvalue weighted by Gasteiger charge is 2.17. The largest absolute Gasteiger partial charge is 0.482 e. The Labute approximate surface area is 253 Å². The number of unbranched alkanes of at least 4 members (excludes halogenated alkanes) is 9. The lowest BCUT2D eigenvalue weighted by Gasteiger charge is -2.10. The van der Waals surface area contributed by atoms with Crippen molar-refractivity contribution in [2.45, 2.75) is 77.7 Å². The van der Waals surface area contributed by atoms with Crippen LogP contribution in [0.3, 0.4) is 0 Å². The number of carboxylic acids is 2. The Morgan fingerprint density at radius 1 is 0.814 bits per heavy atom. The highest BCUT2D eigenvalue weighted by Crippen LogP contribution is 2.32. The van der Waals surface area contributed by atoms with Crippen LogP contribution in [-0.4, -0.2) is 50.8 Å². The quantitative estimate of drug-likeness (QED) is 0.0974. The standard InChI is InChI=1S/C34H43N3O6/c1-2-3-4-5-6-7-8-9-10-11-22-35-30(38)21-14-26-12-15-28(16-13-26)34-33(36-25-37(34)23-31(39)40)27-17-19-29(20-18-27)43-24-32(41)42/h12-21,25H,2-11,22-24H2,1H3,(H,35,38)(H,39,40)(H,41,42)/b21-14+. The highest BCUT2D eigenvalue weighted by atomic mass is 16.5. The summed E-state index contributed by atoms with van der Waals surface area (Å²) in [7, 11) is 0. The van der Waals surface area contributed by atoms with Gasteiger partial charge in [0, 0.05) is 23.7 Å². The van der Waals surface area contributed by atoms with Crippen LogP contribution in [0.15, 0.2) is 60.9 Å². The van der Waals surface area contributed by atoms with Crippen molar-refractivity contribution in [1.29, 1.82) is 0 Å². The first-order valence-electron chi connectivity index (χ1n) is 15.2. The molecule has 9 nitrogen and oxygen atoms in total. The smallest absolute Gasteiger partial charge is 0.341 e. The Morgan fingerprint density at radius 3 is 2.02 bits per heavy atom. The molecule has 0 aliphatic rings. The fourth-order valence-corrected chi connectivity index (χ4v) is 4.82. The van der Waals surface area contributed by atoms with E-state index in [0.29, 0.717) is 23.7 Å². The van der Waals surface area contributed by atoms with Gasteiger partial charge in [0.15, 0.2) is 6.61 Å². The summed E-state index contributed by atoms with van der Waals surface area (Å²) in [6, 6.07) is 14.3. The number of aromatic nitrogens is 2.